The zero-order valence-electron chi connectivity index (χ0n) is 11.6. The molecule has 0 amide bonds. The summed E-state index contributed by atoms with van der Waals surface area (Å²) < 4.78 is 6.94. The van der Waals surface area contributed by atoms with E-state index < -0.39 is 0 Å². The van der Waals surface area contributed by atoms with E-state index in [-0.39, 0.29) is 11.1 Å². The molecule has 0 radical (unpaired) electrons. The smallest absolute Gasteiger partial charge is 0.258 e. The largest absolute Gasteiger partial charge is 0.381 e. The average Bonchev–Trinajstić information content (AvgIpc) is 2.46. The average molecular weight is 273 g/mol. The molecule has 3 heterocycles. The molecule has 106 valence electrons. The number of hydrogen-bond donors (Lipinski definition) is 1. The van der Waals surface area contributed by atoms with Gasteiger partial charge < -0.3 is 10.1 Å². The van der Waals surface area contributed by atoms with Crippen LogP contribution in [0, 0.1) is 0 Å². The van der Waals surface area contributed by atoms with Gasteiger partial charge in [-0.1, -0.05) is 6.07 Å². The molecule has 0 aliphatic carbocycles. The molecule has 0 spiro atoms. The Kier molecular flexibility index (Phi) is 3.54. The minimum absolute atomic E-state index is 0.0375. The van der Waals surface area contributed by atoms with E-state index >= 15 is 0 Å². The lowest BCUT2D eigenvalue weighted by atomic mass is 9.92. The maximum absolute atomic E-state index is 12.0. The van der Waals surface area contributed by atoms with Crippen molar-refractivity contribution in [1.29, 1.82) is 0 Å². The zero-order chi connectivity index (χ0) is 14.0. The van der Waals surface area contributed by atoms with Crippen LogP contribution in [-0.2, 0) is 11.3 Å². The van der Waals surface area contributed by atoms with Crippen LogP contribution in [0.1, 0.15) is 25.5 Å². The maximum Gasteiger partial charge on any atom is 0.258 e. The number of nitrogens with one attached hydrogen (secondary N) is 1. The first kappa shape index (κ1) is 13.3. The molecule has 5 nitrogen and oxygen atoms in total. The molecule has 3 rings (SSSR count). The van der Waals surface area contributed by atoms with E-state index in [1.165, 1.54) is 0 Å². The Morgan fingerprint density at radius 3 is 3.00 bits per heavy atom. The molecule has 0 aromatic carbocycles. The highest BCUT2D eigenvalue weighted by atomic mass is 16.5. The van der Waals surface area contributed by atoms with Crippen LogP contribution in [0.5, 0.6) is 0 Å². The lowest BCUT2D eigenvalue weighted by molar-refractivity contribution is 0.0445. The topological polar surface area (TPSA) is 55.6 Å². The molecule has 5 heteroatoms. The first-order valence-corrected chi connectivity index (χ1v) is 6.96. The number of nitrogens with zero attached hydrogens (tertiary/aromatic N) is 2. The molecule has 1 saturated heterocycles. The van der Waals surface area contributed by atoms with Crippen LogP contribution in [0.15, 0.2) is 35.3 Å². The van der Waals surface area contributed by atoms with Crippen molar-refractivity contribution in [3.63, 3.8) is 0 Å². The van der Waals surface area contributed by atoms with Gasteiger partial charge in [-0.2, -0.15) is 0 Å². The Bertz CT molecular complexity index is 659. The Morgan fingerprint density at radius 1 is 1.40 bits per heavy atom. The van der Waals surface area contributed by atoms with Crippen LogP contribution < -0.4 is 10.9 Å². The number of rotatable bonds is 3. The molecule has 0 bridgehead atoms. The number of aromatic nitrogens is 2. The molecule has 1 aliphatic heterocycles. The third kappa shape index (κ3) is 2.73. The van der Waals surface area contributed by atoms with Crippen molar-refractivity contribution in [3.05, 3.63) is 46.5 Å². The third-order valence-electron chi connectivity index (χ3n) is 3.92. The van der Waals surface area contributed by atoms with Crippen LogP contribution in [0.3, 0.4) is 0 Å². The molecular formula is C15H19N3O2. The summed E-state index contributed by atoms with van der Waals surface area (Å²) in [5.74, 6) is 0. The summed E-state index contributed by atoms with van der Waals surface area (Å²) in [6, 6.07) is 7.17. The molecule has 0 unspecified atom stereocenters. The minimum atomic E-state index is -0.0375. The van der Waals surface area contributed by atoms with Crippen LogP contribution in [0.4, 0.5) is 0 Å². The summed E-state index contributed by atoms with van der Waals surface area (Å²) in [6.45, 7) is 4.38. The van der Waals surface area contributed by atoms with Crippen LogP contribution in [0.25, 0.3) is 5.65 Å². The Labute approximate surface area is 117 Å². The number of pyridine rings is 1. The fraction of sp³-hybridized carbons (Fsp3) is 0.467. The monoisotopic (exact) mass is 273 g/mol. The van der Waals surface area contributed by atoms with E-state index in [0.717, 1.165) is 31.7 Å². The van der Waals surface area contributed by atoms with E-state index in [2.05, 4.69) is 17.2 Å². The van der Waals surface area contributed by atoms with Crippen molar-refractivity contribution in [2.45, 2.75) is 31.8 Å². The predicted molar refractivity (Wildman–Crippen MR) is 76.8 cm³/mol. The van der Waals surface area contributed by atoms with E-state index in [1.807, 2.05) is 18.2 Å². The minimum Gasteiger partial charge on any atom is -0.381 e. The quantitative estimate of drug-likeness (QED) is 0.917. The molecule has 2 aromatic heterocycles. The molecule has 2 aromatic rings. The summed E-state index contributed by atoms with van der Waals surface area (Å²) in [4.78, 5) is 16.5. The lowest BCUT2D eigenvalue weighted by Crippen LogP contribution is -2.46. The molecular weight excluding hydrogens is 254 g/mol. The van der Waals surface area contributed by atoms with Gasteiger partial charge in [-0.25, -0.2) is 4.98 Å². The first-order chi connectivity index (χ1) is 9.66. The van der Waals surface area contributed by atoms with Crippen molar-refractivity contribution in [2.75, 3.05) is 13.2 Å². The number of fused-ring (bicyclic) bond motifs is 1. The van der Waals surface area contributed by atoms with Crippen molar-refractivity contribution < 1.29 is 4.74 Å². The van der Waals surface area contributed by atoms with Crippen LogP contribution in [-0.4, -0.2) is 28.1 Å². The number of ether oxygens (including phenoxy) is 1. The van der Waals surface area contributed by atoms with Gasteiger partial charge in [-0.05, 0) is 31.9 Å². The van der Waals surface area contributed by atoms with Crippen molar-refractivity contribution in [2.24, 2.45) is 0 Å². The van der Waals surface area contributed by atoms with Gasteiger partial charge in [0.1, 0.15) is 5.65 Å². The molecule has 1 aliphatic rings. The molecule has 1 fully saturated rings. The lowest BCUT2D eigenvalue weighted by Gasteiger charge is -2.34. The van der Waals surface area contributed by atoms with Gasteiger partial charge in [-0.15, -0.1) is 0 Å². The summed E-state index contributed by atoms with van der Waals surface area (Å²) in [6.07, 6.45) is 3.71. The SMILES string of the molecule is CC1(NCc2cc(=O)n3ccccc3n2)CCOCC1. The van der Waals surface area contributed by atoms with Crippen molar-refractivity contribution in [3.8, 4) is 0 Å². The van der Waals surface area contributed by atoms with Gasteiger partial charge >= 0.3 is 0 Å². The first-order valence-electron chi connectivity index (χ1n) is 6.96. The van der Waals surface area contributed by atoms with Gasteiger partial charge in [0.2, 0.25) is 0 Å². The Morgan fingerprint density at radius 2 is 2.20 bits per heavy atom. The summed E-state index contributed by atoms with van der Waals surface area (Å²) >= 11 is 0. The van der Waals surface area contributed by atoms with Crippen LogP contribution in [0.2, 0.25) is 0 Å². The van der Waals surface area contributed by atoms with Crippen molar-refractivity contribution in [1.82, 2.24) is 14.7 Å². The predicted octanol–water partition coefficient (Wildman–Crippen LogP) is 1.35. The molecule has 20 heavy (non-hydrogen) atoms. The van der Waals surface area contributed by atoms with Crippen LogP contribution >= 0.6 is 0 Å². The Hall–Kier alpha value is -1.72. The van der Waals surface area contributed by atoms with Gasteiger partial charge in [0.25, 0.3) is 5.56 Å². The Balaban J connectivity index is 1.79. The maximum atomic E-state index is 12.0. The second-order valence-corrected chi connectivity index (χ2v) is 5.54. The number of hydrogen-bond acceptors (Lipinski definition) is 4. The fourth-order valence-corrected chi connectivity index (χ4v) is 2.50. The van der Waals surface area contributed by atoms with Crippen molar-refractivity contribution >= 4 is 5.65 Å². The van der Waals surface area contributed by atoms with Gasteiger partial charge in [0, 0.05) is 37.6 Å². The standard InChI is InChI=1S/C15H19N3O2/c1-15(5-8-20-9-6-15)16-11-12-10-14(19)18-7-3-2-4-13(18)17-12/h2-4,7,10,16H,5-6,8-9,11H2,1H3. The normalized spacial score (nSPS) is 18.2. The highest BCUT2D eigenvalue weighted by Gasteiger charge is 2.26. The fourth-order valence-electron chi connectivity index (χ4n) is 2.50. The third-order valence-corrected chi connectivity index (χ3v) is 3.92. The second kappa shape index (κ2) is 5.34. The summed E-state index contributed by atoms with van der Waals surface area (Å²) in [5, 5.41) is 3.52. The van der Waals surface area contributed by atoms with E-state index in [1.54, 1.807) is 16.7 Å². The van der Waals surface area contributed by atoms with E-state index in [4.69, 9.17) is 4.74 Å². The highest BCUT2D eigenvalue weighted by Crippen LogP contribution is 2.19. The second-order valence-electron chi connectivity index (χ2n) is 5.54. The summed E-state index contributed by atoms with van der Waals surface area (Å²) in [5.41, 5.74) is 1.51. The van der Waals surface area contributed by atoms with Gasteiger partial charge in [0.05, 0.1) is 5.69 Å². The molecule has 0 atom stereocenters. The summed E-state index contributed by atoms with van der Waals surface area (Å²) in [7, 11) is 0. The highest BCUT2D eigenvalue weighted by molar-refractivity contribution is 5.37. The zero-order valence-corrected chi connectivity index (χ0v) is 11.6. The van der Waals surface area contributed by atoms with E-state index in [0.29, 0.717) is 12.2 Å². The van der Waals surface area contributed by atoms with Gasteiger partial charge in [-0.3, -0.25) is 9.20 Å². The van der Waals surface area contributed by atoms with Gasteiger partial charge in [0.15, 0.2) is 0 Å². The van der Waals surface area contributed by atoms with E-state index in [9.17, 15) is 4.79 Å². The molecule has 0 saturated carbocycles. The molecule has 1 N–H and O–H groups in total.